The quantitative estimate of drug-likeness (QED) is 0.440. The molecule has 1 atom stereocenters. The molecule has 1 unspecified atom stereocenters. The molecule has 3 aliphatic rings. The molecule has 44 heavy (non-hydrogen) atoms. The van der Waals surface area contributed by atoms with E-state index in [1.807, 2.05) is 43.9 Å². The Kier molecular flexibility index (Phi) is 8.13. The maximum atomic E-state index is 13.1. The Morgan fingerprint density at radius 1 is 0.841 bits per heavy atom. The summed E-state index contributed by atoms with van der Waals surface area (Å²) >= 11 is 0. The summed E-state index contributed by atoms with van der Waals surface area (Å²) in [6.45, 7) is 8.95. The first kappa shape index (κ1) is 30.1. The highest BCUT2D eigenvalue weighted by Gasteiger charge is 2.33. The van der Waals surface area contributed by atoms with Crippen molar-refractivity contribution in [3.63, 3.8) is 0 Å². The third kappa shape index (κ3) is 6.04. The summed E-state index contributed by atoms with van der Waals surface area (Å²) in [6.07, 6.45) is 4.95. The number of aryl methyl sites for hydroxylation is 1. The lowest BCUT2D eigenvalue weighted by atomic mass is 9.80. The number of rotatable bonds is 4. The van der Waals surface area contributed by atoms with E-state index >= 15 is 0 Å². The second-order valence-corrected chi connectivity index (χ2v) is 13.5. The fraction of sp³-hybridized carbons (Fsp3) is 0.529. The molecule has 2 aliphatic heterocycles. The van der Waals surface area contributed by atoms with Crippen LogP contribution in [0.4, 0.5) is 4.79 Å². The normalized spacial score (nSPS) is 23.5. The van der Waals surface area contributed by atoms with Gasteiger partial charge in [0.2, 0.25) is 11.8 Å². The van der Waals surface area contributed by atoms with E-state index in [1.54, 1.807) is 11.6 Å². The highest BCUT2D eigenvalue weighted by Crippen LogP contribution is 2.36. The van der Waals surface area contributed by atoms with Crippen LogP contribution in [-0.4, -0.2) is 74.7 Å². The summed E-state index contributed by atoms with van der Waals surface area (Å²) in [7, 11) is 1.72. The summed E-state index contributed by atoms with van der Waals surface area (Å²) in [5.74, 6) is -0.187. The smallest absolute Gasteiger partial charge is 0.410 e. The maximum Gasteiger partial charge on any atom is 0.410 e. The summed E-state index contributed by atoms with van der Waals surface area (Å²) < 4.78 is 8.64. The van der Waals surface area contributed by atoms with Gasteiger partial charge in [-0.3, -0.25) is 28.9 Å². The van der Waals surface area contributed by atoms with Gasteiger partial charge in [-0.05, 0) is 87.6 Å². The first-order chi connectivity index (χ1) is 21.0. The van der Waals surface area contributed by atoms with Crippen molar-refractivity contribution < 1.29 is 19.1 Å². The van der Waals surface area contributed by atoms with Crippen LogP contribution < -0.4 is 11.0 Å². The highest BCUT2D eigenvalue weighted by atomic mass is 16.6. The average molecular weight is 602 g/mol. The van der Waals surface area contributed by atoms with Crippen molar-refractivity contribution in [1.82, 2.24) is 24.3 Å². The van der Waals surface area contributed by atoms with Crippen molar-refractivity contribution in [1.29, 1.82) is 0 Å². The number of hydrogen-bond donors (Lipinski definition) is 1. The van der Waals surface area contributed by atoms with Gasteiger partial charge < -0.3 is 9.64 Å². The lowest BCUT2D eigenvalue weighted by Gasteiger charge is -2.42. The third-order valence-electron chi connectivity index (χ3n) is 9.51. The molecule has 3 aromatic rings. The first-order valence-electron chi connectivity index (χ1n) is 15.9. The Balaban J connectivity index is 1.08. The van der Waals surface area contributed by atoms with Crippen LogP contribution in [0.15, 0.2) is 47.3 Å². The van der Waals surface area contributed by atoms with E-state index < -0.39 is 17.6 Å². The van der Waals surface area contributed by atoms with Gasteiger partial charge in [0.05, 0.1) is 11.0 Å². The number of fused-ring (bicyclic) bond motifs is 1. The van der Waals surface area contributed by atoms with Crippen molar-refractivity contribution in [3.05, 3.63) is 58.5 Å². The van der Waals surface area contributed by atoms with Crippen LogP contribution >= 0.6 is 0 Å². The zero-order chi connectivity index (χ0) is 31.2. The van der Waals surface area contributed by atoms with E-state index in [2.05, 4.69) is 34.5 Å². The monoisotopic (exact) mass is 601 g/mol. The SMILES string of the molecule is Cn1c(=O)n(C2CCC(=O)NC2=O)c2ccc(-c3ccc([C@H]4CC[C@H](N5CCN(C(=O)OC(C)(C)C)CC5)CC4)cc3)cc21. The van der Waals surface area contributed by atoms with E-state index in [0.29, 0.717) is 23.9 Å². The number of imide groups is 1. The lowest BCUT2D eigenvalue weighted by molar-refractivity contribution is -0.135. The van der Waals surface area contributed by atoms with Crippen LogP contribution in [-0.2, 0) is 21.4 Å². The summed E-state index contributed by atoms with van der Waals surface area (Å²) in [5.41, 5.74) is 4.16. The lowest BCUT2D eigenvalue weighted by Crippen LogP contribution is -2.53. The fourth-order valence-corrected chi connectivity index (χ4v) is 7.09. The molecule has 2 aromatic carbocycles. The van der Waals surface area contributed by atoms with Gasteiger partial charge in [-0.25, -0.2) is 9.59 Å². The van der Waals surface area contributed by atoms with E-state index in [1.165, 1.54) is 10.1 Å². The van der Waals surface area contributed by atoms with Gasteiger partial charge in [0.1, 0.15) is 11.6 Å². The van der Waals surface area contributed by atoms with Crippen molar-refractivity contribution in [3.8, 4) is 11.1 Å². The van der Waals surface area contributed by atoms with Crippen LogP contribution in [0.5, 0.6) is 0 Å². The molecule has 6 rings (SSSR count). The van der Waals surface area contributed by atoms with Crippen LogP contribution in [0.2, 0.25) is 0 Å². The molecule has 2 saturated heterocycles. The van der Waals surface area contributed by atoms with Crippen molar-refractivity contribution in [2.24, 2.45) is 7.05 Å². The number of imidazole rings is 1. The minimum Gasteiger partial charge on any atom is -0.444 e. The molecule has 1 saturated carbocycles. The number of ether oxygens (including phenoxy) is 1. The second kappa shape index (κ2) is 11.9. The molecule has 234 valence electrons. The molecular weight excluding hydrogens is 558 g/mol. The first-order valence-corrected chi connectivity index (χ1v) is 15.9. The number of piperazine rings is 1. The molecule has 3 amide bonds. The van der Waals surface area contributed by atoms with Crippen LogP contribution in [0.3, 0.4) is 0 Å². The largest absolute Gasteiger partial charge is 0.444 e. The predicted molar refractivity (Wildman–Crippen MR) is 168 cm³/mol. The number of carbonyl (C=O) groups is 3. The minimum atomic E-state index is -0.689. The zero-order valence-electron chi connectivity index (χ0n) is 26.2. The summed E-state index contributed by atoms with van der Waals surface area (Å²) in [6, 6.07) is 14.6. The van der Waals surface area contributed by atoms with Crippen molar-refractivity contribution in [2.45, 2.75) is 82.9 Å². The van der Waals surface area contributed by atoms with Gasteiger partial charge in [-0.15, -0.1) is 0 Å². The molecule has 0 bridgehead atoms. The van der Waals surface area contributed by atoms with E-state index in [4.69, 9.17) is 4.74 Å². The number of nitrogens with zero attached hydrogens (tertiary/aromatic N) is 4. The Hall–Kier alpha value is -3.92. The molecule has 0 spiro atoms. The summed E-state index contributed by atoms with van der Waals surface area (Å²) in [5, 5.41) is 2.36. The molecule has 3 fully saturated rings. The van der Waals surface area contributed by atoms with Crippen molar-refractivity contribution in [2.75, 3.05) is 26.2 Å². The maximum absolute atomic E-state index is 13.1. The van der Waals surface area contributed by atoms with E-state index in [-0.39, 0.29) is 24.1 Å². The van der Waals surface area contributed by atoms with E-state index in [9.17, 15) is 19.2 Å². The fourth-order valence-electron chi connectivity index (χ4n) is 7.09. The predicted octanol–water partition coefficient (Wildman–Crippen LogP) is 4.56. The minimum absolute atomic E-state index is 0.209. The summed E-state index contributed by atoms with van der Waals surface area (Å²) in [4.78, 5) is 54.1. The Labute approximate surface area is 257 Å². The standard InChI is InChI=1S/C34H43N5O5/c1-34(2,3)44-33(43)38-19-17-37(18-20-38)26-12-9-23(10-13-26)22-5-7-24(8-6-22)25-11-14-27-29(21-25)36(4)32(42)39(27)28-15-16-30(40)35-31(28)41/h5-8,11,14,21,23,26,28H,9-10,12-13,15-20H2,1-4H3,(H,35,40,41)/t23-,26-,28?. The van der Waals surface area contributed by atoms with E-state index in [0.717, 1.165) is 68.5 Å². The van der Waals surface area contributed by atoms with Crippen LogP contribution in [0, 0.1) is 0 Å². The second-order valence-electron chi connectivity index (χ2n) is 13.5. The van der Waals surface area contributed by atoms with Crippen molar-refractivity contribution >= 4 is 28.9 Å². The van der Waals surface area contributed by atoms with Gasteiger partial charge in [0, 0.05) is 45.7 Å². The van der Waals surface area contributed by atoms with Gasteiger partial charge in [-0.2, -0.15) is 0 Å². The van der Waals surface area contributed by atoms with Crippen LogP contribution in [0.25, 0.3) is 22.2 Å². The zero-order valence-corrected chi connectivity index (χ0v) is 26.2. The topological polar surface area (TPSA) is 106 Å². The molecule has 3 heterocycles. The average Bonchev–Trinajstić information content (AvgIpc) is 3.25. The number of hydrogen-bond acceptors (Lipinski definition) is 6. The molecule has 0 radical (unpaired) electrons. The van der Waals surface area contributed by atoms with Gasteiger partial charge in [-0.1, -0.05) is 30.3 Å². The number of aromatic nitrogens is 2. The molecule has 1 N–H and O–H groups in total. The van der Waals surface area contributed by atoms with Crippen LogP contribution in [0.1, 0.15) is 76.8 Å². The Morgan fingerprint density at radius 3 is 2.14 bits per heavy atom. The van der Waals surface area contributed by atoms with Gasteiger partial charge >= 0.3 is 11.8 Å². The highest BCUT2D eigenvalue weighted by molar-refractivity contribution is 6.00. The molecule has 1 aliphatic carbocycles. The number of carbonyl (C=O) groups excluding carboxylic acids is 3. The number of piperidine rings is 1. The van der Waals surface area contributed by atoms with Gasteiger partial charge in [0.15, 0.2) is 0 Å². The number of amides is 3. The molecular formula is C34H43N5O5. The molecule has 10 nitrogen and oxygen atoms in total. The third-order valence-corrected chi connectivity index (χ3v) is 9.51. The number of benzene rings is 2. The molecule has 1 aromatic heterocycles. The molecule has 10 heteroatoms. The number of nitrogens with one attached hydrogen (secondary N) is 1. The van der Waals surface area contributed by atoms with Gasteiger partial charge in [0.25, 0.3) is 0 Å². The Bertz CT molecular complexity index is 1620. The Morgan fingerprint density at radius 2 is 1.50 bits per heavy atom.